The minimum atomic E-state index is 0.493. The van der Waals surface area contributed by atoms with E-state index in [9.17, 15) is 0 Å². The van der Waals surface area contributed by atoms with Gasteiger partial charge in [-0.15, -0.1) is 0 Å². The predicted molar refractivity (Wildman–Crippen MR) is 51.6 cm³/mol. The fourth-order valence-electron chi connectivity index (χ4n) is 1.58. The number of nitrogens with zero attached hydrogens (tertiary/aromatic N) is 2. The van der Waals surface area contributed by atoms with Gasteiger partial charge in [0.15, 0.2) is 5.82 Å². The topological polar surface area (TPSA) is 38.9 Å². The lowest BCUT2D eigenvalue weighted by atomic mass is 9.98. The highest BCUT2D eigenvalue weighted by Crippen LogP contribution is 2.23. The van der Waals surface area contributed by atoms with Gasteiger partial charge in [0.05, 0.1) is 0 Å². The normalized spacial score (nSPS) is 11.1. The Labute approximate surface area is 79.5 Å². The third kappa shape index (κ3) is 2.83. The van der Waals surface area contributed by atoms with Gasteiger partial charge in [0.2, 0.25) is 5.89 Å². The van der Waals surface area contributed by atoms with Gasteiger partial charge in [0.1, 0.15) is 0 Å². The van der Waals surface area contributed by atoms with E-state index in [1.54, 1.807) is 0 Å². The van der Waals surface area contributed by atoms with Gasteiger partial charge >= 0.3 is 0 Å². The first-order chi connectivity index (χ1) is 6.27. The van der Waals surface area contributed by atoms with Crippen molar-refractivity contribution >= 4 is 0 Å². The van der Waals surface area contributed by atoms with E-state index in [2.05, 4.69) is 24.0 Å². The molecule has 0 aliphatic carbocycles. The number of aromatic nitrogens is 2. The first-order valence-electron chi connectivity index (χ1n) is 5.08. The summed E-state index contributed by atoms with van der Waals surface area (Å²) in [4.78, 5) is 4.27. The van der Waals surface area contributed by atoms with Crippen molar-refractivity contribution in [3.63, 3.8) is 0 Å². The monoisotopic (exact) mass is 182 g/mol. The van der Waals surface area contributed by atoms with Crippen LogP contribution in [0.3, 0.4) is 0 Å². The molecule has 3 nitrogen and oxygen atoms in total. The molecule has 0 bridgehead atoms. The van der Waals surface area contributed by atoms with Gasteiger partial charge in [-0.25, -0.2) is 0 Å². The molecule has 0 aromatic carbocycles. The summed E-state index contributed by atoms with van der Waals surface area (Å²) in [6.07, 6.45) is 4.68. The Hall–Kier alpha value is -0.860. The first kappa shape index (κ1) is 10.2. The zero-order chi connectivity index (χ0) is 9.68. The standard InChI is InChI=1S/C10H18N2O/c1-4-6-9(7-5-2)10-11-8(3)13-12-10/h9H,4-7H2,1-3H3. The maximum atomic E-state index is 4.98. The number of hydrogen-bond donors (Lipinski definition) is 0. The fraction of sp³-hybridized carbons (Fsp3) is 0.800. The molecule has 0 radical (unpaired) electrons. The second kappa shape index (κ2) is 5.00. The molecule has 0 saturated carbocycles. The van der Waals surface area contributed by atoms with Gasteiger partial charge in [-0.05, 0) is 12.8 Å². The van der Waals surface area contributed by atoms with Crippen molar-refractivity contribution in [2.75, 3.05) is 0 Å². The van der Waals surface area contributed by atoms with E-state index in [1.807, 2.05) is 6.92 Å². The van der Waals surface area contributed by atoms with E-state index in [-0.39, 0.29) is 0 Å². The molecule has 0 saturated heterocycles. The van der Waals surface area contributed by atoms with Gasteiger partial charge in [0.25, 0.3) is 0 Å². The van der Waals surface area contributed by atoms with Gasteiger partial charge in [-0.2, -0.15) is 4.98 Å². The quantitative estimate of drug-likeness (QED) is 0.702. The zero-order valence-corrected chi connectivity index (χ0v) is 8.71. The highest BCUT2D eigenvalue weighted by atomic mass is 16.5. The molecule has 0 unspecified atom stereocenters. The van der Waals surface area contributed by atoms with E-state index in [0.717, 1.165) is 18.7 Å². The second-order valence-electron chi connectivity index (χ2n) is 3.45. The molecule has 0 aliphatic heterocycles. The molecule has 1 aromatic heterocycles. The molecular weight excluding hydrogens is 164 g/mol. The molecule has 74 valence electrons. The maximum Gasteiger partial charge on any atom is 0.223 e. The molecule has 1 heterocycles. The lowest BCUT2D eigenvalue weighted by Crippen LogP contribution is -2.00. The van der Waals surface area contributed by atoms with Crippen molar-refractivity contribution < 1.29 is 4.52 Å². The Morgan fingerprint density at radius 1 is 1.23 bits per heavy atom. The zero-order valence-electron chi connectivity index (χ0n) is 8.71. The van der Waals surface area contributed by atoms with Crippen LogP contribution in [0.4, 0.5) is 0 Å². The summed E-state index contributed by atoms with van der Waals surface area (Å²) >= 11 is 0. The van der Waals surface area contributed by atoms with E-state index >= 15 is 0 Å². The van der Waals surface area contributed by atoms with Crippen LogP contribution in [0.25, 0.3) is 0 Å². The van der Waals surface area contributed by atoms with Crippen LogP contribution in [0, 0.1) is 6.92 Å². The lowest BCUT2D eigenvalue weighted by molar-refractivity contribution is 0.378. The Bertz CT molecular complexity index is 239. The minimum Gasteiger partial charge on any atom is -0.340 e. The molecule has 1 aromatic rings. The van der Waals surface area contributed by atoms with Crippen molar-refractivity contribution in [1.82, 2.24) is 10.1 Å². The molecule has 0 fully saturated rings. The third-order valence-electron chi connectivity index (χ3n) is 2.18. The maximum absolute atomic E-state index is 4.98. The fourth-order valence-corrected chi connectivity index (χ4v) is 1.58. The Balaban J connectivity index is 2.63. The summed E-state index contributed by atoms with van der Waals surface area (Å²) < 4.78 is 4.98. The van der Waals surface area contributed by atoms with Crippen molar-refractivity contribution in [3.8, 4) is 0 Å². The van der Waals surface area contributed by atoms with Crippen LogP contribution in [-0.2, 0) is 0 Å². The van der Waals surface area contributed by atoms with Crippen LogP contribution in [0.15, 0.2) is 4.52 Å². The molecule has 0 spiro atoms. The van der Waals surface area contributed by atoms with E-state index in [4.69, 9.17) is 4.52 Å². The summed E-state index contributed by atoms with van der Waals surface area (Å²) in [6, 6.07) is 0. The summed E-state index contributed by atoms with van der Waals surface area (Å²) in [5.74, 6) is 2.06. The number of aryl methyl sites for hydroxylation is 1. The van der Waals surface area contributed by atoms with Crippen molar-refractivity contribution in [2.45, 2.75) is 52.4 Å². The summed E-state index contributed by atoms with van der Waals surface area (Å²) in [6.45, 7) is 6.22. The molecule has 1 rings (SSSR count). The van der Waals surface area contributed by atoms with Gasteiger partial charge < -0.3 is 4.52 Å². The second-order valence-corrected chi connectivity index (χ2v) is 3.45. The average Bonchev–Trinajstić information content (AvgIpc) is 2.51. The van der Waals surface area contributed by atoms with Gasteiger partial charge in [0, 0.05) is 12.8 Å². The van der Waals surface area contributed by atoms with Crippen molar-refractivity contribution in [2.24, 2.45) is 0 Å². The van der Waals surface area contributed by atoms with Crippen LogP contribution in [0.5, 0.6) is 0 Å². The summed E-state index contributed by atoms with van der Waals surface area (Å²) in [7, 11) is 0. The Kier molecular flexibility index (Phi) is 3.93. The highest BCUT2D eigenvalue weighted by Gasteiger charge is 2.15. The van der Waals surface area contributed by atoms with Crippen molar-refractivity contribution in [1.29, 1.82) is 0 Å². The molecule has 0 aliphatic rings. The summed E-state index contributed by atoms with van der Waals surface area (Å²) in [5.41, 5.74) is 0. The predicted octanol–water partition coefficient (Wildman–Crippen LogP) is 3.06. The summed E-state index contributed by atoms with van der Waals surface area (Å²) in [5, 5.41) is 3.97. The van der Waals surface area contributed by atoms with Crippen LogP contribution in [-0.4, -0.2) is 10.1 Å². The van der Waals surface area contributed by atoms with E-state index in [1.165, 1.54) is 12.8 Å². The van der Waals surface area contributed by atoms with Crippen molar-refractivity contribution in [3.05, 3.63) is 11.7 Å². The number of hydrogen-bond acceptors (Lipinski definition) is 3. The molecule has 0 N–H and O–H groups in total. The Morgan fingerprint density at radius 3 is 2.23 bits per heavy atom. The third-order valence-corrected chi connectivity index (χ3v) is 2.18. The van der Waals surface area contributed by atoms with E-state index in [0.29, 0.717) is 11.8 Å². The molecule has 3 heteroatoms. The van der Waals surface area contributed by atoms with Gasteiger partial charge in [-0.1, -0.05) is 31.8 Å². The van der Waals surface area contributed by atoms with E-state index < -0.39 is 0 Å². The van der Waals surface area contributed by atoms with Crippen LogP contribution in [0.1, 0.15) is 57.2 Å². The largest absolute Gasteiger partial charge is 0.340 e. The molecule has 13 heavy (non-hydrogen) atoms. The van der Waals surface area contributed by atoms with Gasteiger partial charge in [-0.3, -0.25) is 0 Å². The first-order valence-corrected chi connectivity index (χ1v) is 5.08. The molecule has 0 atom stereocenters. The lowest BCUT2D eigenvalue weighted by Gasteiger charge is -2.09. The SMILES string of the molecule is CCCC(CCC)c1noc(C)n1. The highest BCUT2D eigenvalue weighted by molar-refractivity contribution is 4.94. The molecular formula is C10H18N2O. The smallest absolute Gasteiger partial charge is 0.223 e. The van der Waals surface area contributed by atoms with Crippen LogP contribution >= 0.6 is 0 Å². The van der Waals surface area contributed by atoms with Crippen LogP contribution < -0.4 is 0 Å². The van der Waals surface area contributed by atoms with Crippen LogP contribution in [0.2, 0.25) is 0 Å². The number of rotatable bonds is 5. The Morgan fingerprint density at radius 2 is 1.85 bits per heavy atom. The minimum absolute atomic E-state index is 0.493. The molecule has 0 amide bonds. The average molecular weight is 182 g/mol.